The molecule has 212 valence electrons. The number of aliphatic hydroxyl groups excluding tert-OH is 1. The van der Waals surface area contributed by atoms with Gasteiger partial charge in [-0.05, 0) is 60.9 Å². The third kappa shape index (κ3) is 7.19. The highest BCUT2D eigenvalue weighted by molar-refractivity contribution is 7.91. The standard InChI is InChI=1S/C30H34N2O7S/c1-37-27-11-6-5-8-23(27)16-18-31-29(34)30(17-21-40(35,36)26-9-3-2-4-10-26)22-39-28(32-30)24-12-14-25(15-13-24)38-20-7-19-33/h2-6,8-15,33H,7,16-22H2,1H3,(H,31,34)/t30-/m1/s1. The molecule has 1 atom stereocenters. The number of hydrogen-bond acceptors (Lipinski definition) is 8. The Kier molecular flexibility index (Phi) is 9.79. The van der Waals surface area contributed by atoms with Crippen molar-refractivity contribution in [1.29, 1.82) is 0 Å². The van der Waals surface area contributed by atoms with E-state index in [1.807, 2.05) is 24.3 Å². The summed E-state index contributed by atoms with van der Waals surface area (Å²) in [6, 6.07) is 22.8. The molecule has 1 amide bonds. The molecule has 9 nitrogen and oxygen atoms in total. The molecule has 2 N–H and O–H groups in total. The Labute approximate surface area is 234 Å². The number of hydrogen-bond donors (Lipinski definition) is 2. The fourth-order valence-electron chi connectivity index (χ4n) is 4.33. The molecule has 0 spiro atoms. The van der Waals surface area contributed by atoms with E-state index in [1.54, 1.807) is 61.7 Å². The molecule has 0 saturated carbocycles. The van der Waals surface area contributed by atoms with Crippen molar-refractivity contribution in [3.05, 3.63) is 90.0 Å². The van der Waals surface area contributed by atoms with Crippen molar-refractivity contribution >= 4 is 21.6 Å². The lowest BCUT2D eigenvalue weighted by Gasteiger charge is -2.23. The lowest BCUT2D eigenvalue weighted by atomic mass is 9.97. The van der Waals surface area contributed by atoms with Gasteiger partial charge < -0.3 is 24.6 Å². The van der Waals surface area contributed by atoms with E-state index in [-0.39, 0.29) is 36.2 Å². The summed E-state index contributed by atoms with van der Waals surface area (Å²) in [7, 11) is -2.05. The average molecular weight is 567 g/mol. The van der Waals surface area contributed by atoms with Gasteiger partial charge in [0, 0.05) is 25.1 Å². The van der Waals surface area contributed by atoms with Crippen molar-refractivity contribution < 1.29 is 32.5 Å². The first-order chi connectivity index (χ1) is 19.4. The van der Waals surface area contributed by atoms with Crippen LogP contribution in [0, 0.1) is 0 Å². The van der Waals surface area contributed by atoms with E-state index in [0.717, 1.165) is 11.3 Å². The number of carbonyl (C=O) groups excluding carboxylic acids is 1. The molecule has 4 rings (SSSR count). The fraction of sp³-hybridized carbons (Fsp3) is 0.333. The Morgan fingerprint density at radius 3 is 2.50 bits per heavy atom. The number of amides is 1. The first kappa shape index (κ1) is 29.1. The molecule has 0 saturated heterocycles. The highest BCUT2D eigenvalue weighted by atomic mass is 32.2. The molecular weight excluding hydrogens is 532 g/mol. The van der Waals surface area contributed by atoms with Gasteiger partial charge in [-0.3, -0.25) is 4.79 Å². The topological polar surface area (TPSA) is 124 Å². The van der Waals surface area contributed by atoms with Crippen LogP contribution in [0.1, 0.15) is 24.0 Å². The lowest BCUT2D eigenvalue weighted by Crippen LogP contribution is -2.48. The molecule has 0 radical (unpaired) electrons. The van der Waals surface area contributed by atoms with E-state index in [1.165, 1.54) is 0 Å². The number of sulfone groups is 1. The van der Waals surface area contributed by atoms with Gasteiger partial charge in [0.1, 0.15) is 18.1 Å². The predicted molar refractivity (Wildman–Crippen MR) is 152 cm³/mol. The zero-order chi connectivity index (χ0) is 28.4. The normalized spacial score (nSPS) is 16.6. The van der Waals surface area contributed by atoms with Crippen molar-refractivity contribution in [3.63, 3.8) is 0 Å². The quantitative estimate of drug-likeness (QED) is 0.287. The van der Waals surface area contributed by atoms with Gasteiger partial charge >= 0.3 is 0 Å². The van der Waals surface area contributed by atoms with Crippen molar-refractivity contribution in [2.75, 3.05) is 39.2 Å². The minimum Gasteiger partial charge on any atom is -0.496 e. The molecule has 0 fully saturated rings. The summed E-state index contributed by atoms with van der Waals surface area (Å²) >= 11 is 0. The van der Waals surface area contributed by atoms with Crippen LogP contribution in [0.3, 0.4) is 0 Å². The number of nitrogens with zero attached hydrogens (tertiary/aromatic N) is 1. The number of carbonyl (C=O) groups is 1. The number of benzene rings is 3. The SMILES string of the molecule is COc1ccccc1CCNC(=O)[C@@]1(CCS(=O)(=O)c2ccccc2)COC(c2ccc(OCCCO)cc2)=N1. The first-order valence-electron chi connectivity index (χ1n) is 13.1. The Hall–Kier alpha value is -3.89. The maximum absolute atomic E-state index is 13.6. The number of methoxy groups -OCH3 is 1. The van der Waals surface area contributed by atoms with Crippen LogP contribution in [0.2, 0.25) is 0 Å². The average Bonchev–Trinajstić information content (AvgIpc) is 3.43. The van der Waals surface area contributed by atoms with Gasteiger partial charge in [-0.2, -0.15) is 0 Å². The predicted octanol–water partition coefficient (Wildman–Crippen LogP) is 3.19. The molecule has 1 heterocycles. The Morgan fingerprint density at radius 1 is 1.05 bits per heavy atom. The van der Waals surface area contributed by atoms with Crippen molar-refractivity contribution in [3.8, 4) is 11.5 Å². The van der Waals surface area contributed by atoms with E-state index < -0.39 is 21.3 Å². The van der Waals surface area contributed by atoms with Crippen LogP contribution in [-0.4, -0.2) is 70.1 Å². The molecule has 0 aliphatic carbocycles. The number of para-hydroxylation sites is 1. The number of aliphatic imine (C=N–C) groups is 1. The Balaban J connectivity index is 1.52. The highest BCUT2D eigenvalue weighted by Gasteiger charge is 2.45. The second-order valence-electron chi connectivity index (χ2n) is 9.39. The minimum atomic E-state index is -3.65. The van der Waals surface area contributed by atoms with Crippen LogP contribution in [0.4, 0.5) is 0 Å². The van der Waals surface area contributed by atoms with Crippen LogP contribution in [0.25, 0.3) is 0 Å². The van der Waals surface area contributed by atoms with Crippen molar-refractivity contribution in [2.45, 2.75) is 29.7 Å². The summed E-state index contributed by atoms with van der Waals surface area (Å²) in [5, 5.41) is 11.9. The van der Waals surface area contributed by atoms with Crippen LogP contribution >= 0.6 is 0 Å². The highest BCUT2D eigenvalue weighted by Crippen LogP contribution is 2.29. The molecular formula is C30H34N2O7S. The summed E-state index contributed by atoms with van der Waals surface area (Å²) in [6.07, 6.45) is 1.01. The second kappa shape index (κ2) is 13.5. The van der Waals surface area contributed by atoms with E-state index >= 15 is 0 Å². The van der Waals surface area contributed by atoms with E-state index in [0.29, 0.717) is 37.3 Å². The van der Waals surface area contributed by atoms with Crippen LogP contribution < -0.4 is 14.8 Å². The first-order valence-corrected chi connectivity index (χ1v) is 14.8. The third-order valence-electron chi connectivity index (χ3n) is 6.62. The molecule has 1 aliphatic heterocycles. The molecule has 10 heteroatoms. The van der Waals surface area contributed by atoms with Gasteiger partial charge in [-0.15, -0.1) is 0 Å². The van der Waals surface area contributed by atoms with Crippen LogP contribution in [-0.2, 0) is 25.8 Å². The van der Waals surface area contributed by atoms with E-state index in [4.69, 9.17) is 19.3 Å². The fourth-order valence-corrected chi connectivity index (χ4v) is 5.75. The Morgan fingerprint density at radius 2 is 1.77 bits per heavy atom. The zero-order valence-electron chi connectivity index (χ0n) is 22.4. The number of ether oxygens (including phenoxy) is 3. The summed E-state index contributed by atoms with van der Waals surface area (Å²) < 4.78 is 43.0. The Bertz CT molecular complexity index is 1410. The minimum absolute atomic E-state index is 0.0451. The summed E-state index contributed by atoms with van der Waals surface area (Å²) in [6.45, 7) is 0.673. The number of aliphatic hydroxyl groups is 1. The second-order valence-corrected chi connectivity index (χ2v) is 11.5. The smallest absolute Gasteiger partial charge is 0.251 e. The van der Waals surface area contributed by atoms with E-state index in [2.05, 4.69) is 10.3 Å². The van der Waals surface area contributed by atoms with Gasteiger partial charge in [0.15, 0.2) is 15.4 Å². The summed E-state index contributed by atoms with van der Waals surface area (Å²) in [4.78, 5) is 18.4. The van der Waals surface area contributed by atoms with Gasteiger partial charge in [-0.25, -0.2) is 13.4 Å². The third-order valence-corrected chi connectivity index (χ3v) is 8.35. The van der Waals surface area contributed by atoms with Gasteiger partial charge in [-0.1, -0.05) is 36.4 Å². The van der Waals surface area contributed by atoms with Gasteiger partial charge in [0.05, 0.1) is 24.4 Å². The van der Waals surface area contributed by atoms with Crippen LogP contribution in [0.5, 0.6) is 11.5 Å². The molecule has 0 bridgehead atoms. The van der Waals surface area contributed by atoms with Crippen molar-refractivity contribution in [2.24, 2.45) is 4.99 Å². The van der Waals surface area contributed by atoms with Gasteiger partial charge in [0.25, 0.3) is 5.91 Å². The van der Waals surface area contributed by atoms with Crippen molar-refractivity contribution in [1.82, 2.24) is 5.32 Å². The maximum atomic E-state index is 13.6. The van der Waals surface area contributed by atoms with Gasteiger partial charge in [0.2, 0.25) is 5.90 Å². The number of nitrogens with one attached hydrogen (secondary N) is 1. The molecule has 0 unspecified atom stereocenters. The zero-order valence-corrected chi connectivity index (χ0v) is 23.2. The number of rotatable bonds is 14. The lowest BCUT2D eigenvalue weighted by molar-refractivity contribution is -0.126. The molecule has 0 aromatic heterocycles. The molecule has 3 aromatic rings. The van der Waals surface area contributed by atoms with E-state index in [9.17, 15) is 13.2 Å². The largest absolute Gasteiger partial charge is 0.496 e. The monoisotopic (exact) mass is 566 g/mol. The molecule has 1 aliphatic rings. The van der Waals surface area contributed by atoms with Crippen LogP contribution in [0.15, 0.2) is 88.8 Å². The summed E-state index contributed by atoms with van der Waals surface area (Å²) in [5.74, 6) is 0.955. The molecule has 40 heavy (non-hydrogen) atoms. The maximum Gasteiger partial charge on any atom is 0.251 e. The summed E-state index contributed by atoms with van der Waals surface area (Å²) in [5.41, 5.74) is 0.178. The molecule has 3 aromatic carbocycles.